The molecule has 1 amide bonds. The van der Waals surface area contributed by atoms with Crippen molar-refractivity contribution < 1.29 is 22.2 Å². The summed E-state index contributed by atoms with van der Waals surface area (Å²) in [7, 11) is 4.82. The first-order chi connectivity index (χ1) is 11.6. The van der Waals surface area contributed by atoms with Crippen LogP contribution in [-0.2, 0) is 15.6 Å². The van der Waals surface area contributed by atoms with Gasteiger partial charge in [0, 0.05) is 35.9 Å². The van der Waals surface area contributed by atoms with Crippen LogP contribution in [0.25, 0.3) is 5.69 Å². The first-order valence-corrected chi connectivity index (χ1v) is 8.64. The van der Waals surface area contributed by atoms with Crippen LogP contribution < -0.4 is 10.5 Å². The molecule has 0 saturated carbocycles. The van der Waals surface area contributed by atoms with E-state index in [4.69, 9.17) is 7.85 Å². The number of hydrogen-bond donors (Lipinski definition) is 0. The normalized spacial score (nSPS) is 14.1. The highest BCUT2D eigenvalue weighted by Gasteiger charge is 2.44. The summed E-state index contributed by atoms with van der Waals surface area (Å²) in [4.78, 5) is 17.1. The fourth-order valence-electron chi connectivity index (χ4n) is 2.11. The van der Waals surface area contributed by atoms with Crippen LogP contribution in [0, 0.1) is 0 Å². The third kappa shape index (κ3) is 4.47. The predicted octanol–water partition coefficient (Wildman–Crippen LogP) is 0.723. The SMILES string of the molecule is [B]c1nn(-c2cccnc2)cc1N(C)C(=O)CC(S(C)=O)C(F)(F)F. The van der Waals surface area contributed by atoms with Crippen LogP contribution in [0.3, 0.4) is 0 Å². The second-order valence-corrected chi connectivity index (χ2v) is 6.81. The van der Waals surface area contributed by atoms with Crippen molar-refractivity contribution in [3.8, 4) is 5.69 Å². The topological polar surface area (TPSA) is 68.1 Å². The van der Waals surface area contributed by atoms with Crippen molar-refractivity contribution in [2.45, 2.75) is 17.8 Å². The maximum atomic E-state index is 12.9. The minimum absolute atomic E-state index is 0.0270. The fraction of sp³-hybridized carbons (Fsp3) is 0.357. The van der Waals surface area contributed by atoms with E-state index >= 15 is 0 Å². The lowest BCUT2D eigenvalue weighted by molar-refractivity contribution is -0.139. The van der Waals surface area contributed by atoms with Crippen molar-refractivity contribution in [2.24, 2.45) is 0 Å². The quantitative estimate of drug-likeness (QED) is 0.728. The molecule has 2 heterocycles. The summed E-state index contributed by atoms with van der Waals surface area (Å²) in [5, 5.41) is 1.79. The van der Waals surface area contributed by atoms with Crippen LogP contribution in [0.2, 0.25) is 0 Å². The van der Waals surface area contributed by atoms with Crippen molar-refractivity contribution in [1.29, 1.82) is 0 Å². The van der Waals surface area contributed by atoms with Gasteiger partial charge in [0.2, 0.25) is 5.91 Å². The van der Waals surface area contributed by atoms with E-state index in [1.54, 1.807) is 18.3 Å². The largest absolute Gasteiger partial charge is 0.403 e. The Bertz CT molecular complexity index is 782. The van der Waals surface area contributed by atoms with Gasteiger partial charge in [0.25, 0.3) is 0 Å². The number of amides is 1. The Labute approximate surface area is 145 Å². The molecule has 0 saturated heterocycles. The Kier molecular flexibility index (Phi) is 5.66. The minimum atomic E-state index is -4.73. The molecule has 2 aromatic heterocycles. The number of hydrogen-bond acceptors (Lipinski definition) is 4. The van der Waals surface area contributed by atoms with Gasteiger partial charge in [0.15, 0.2) is 0 Å². The summed E-state index contributed by atoms with van der Waals surface area (Å²) in [6.07, 6.45) is -0.273. The van der Waals surface area contributed by atoms with Gasteiger partial charge in [-0.2, -0.15) is 18.3 Å². The standard InChI is InChI=1S/C14H14BF3N4O2S/c1-21(12(23)6-11(25(2)24)14(16,17)18)10-8-22(20-13(10)15)9-4-3-5-19-7-9/h3-5,7-8,11H,6H2,1-2H3. The average molecular weight is 370 g/mol. The molecule has 0 aliphatic carbocycles. The number of nitrogens with zero attached hydrogens (tertiary/aromatic N) is 4. The lowest BCUT2D eigenvalue weighted by Crippen LogP contribution is -2.40. The van der Waals surface area contributed by atoms with Crippen LogP contribution >= 0.6 is 0 Å². The molecule has 0 N–H and O–H groups in total. The predicted molar refractivity (Wildman–Crippen MR) is 88.7 cm³/mol. The summed E-state index contributed by atoms with van der Waals surface area (Å²) in [5.74, 6) is -0.866. The van der Waals surface area contributed by atoms with E-state index in [-0.39, 0.29) is 11.3 Å². The molecule has 2 unspecified atom stereocenters. The molecule has 0 aromatic carbocycles. The summed E-state index contributed by atoms with van der Waals surface area (Å²) in [6.45, 7) is 0. The third-order valence-electron chi connectivity index (χ3n) is 3.49. The van der Waals surface area contributed by atoms with Gasteiger partial charge in [0.1, 0.15) is 13.1 Å². The third-order valence-corrected chi connectivity index (χ3v) is 4.73. The fourth-order valence-corrected chi connectivity index (χ4v) is 2.86. The number of alkyl halides is 3. The van der Waals surface area contributed by atoms with Crippen molar-refractivity contribution in [2.75, 3.05) is 18.2 Å². The molecule has 132 valence electrons. The smallest absolute Gasteiger partial charge is 0.313 e. The van der Waals surface area contributed by atoms with Gasteiger partial charge in [-0.15, -0.1) is 0 Å². The first kappa shape index (κ1) is 19.2. The number of aromatic nitrogens is 3. The lowest BCUT2D eigenvalue weighted by Gasteiger charge is -2.21. The van der Waals surface area contributed by atoms with Crippen LogP contribution in [0.1, 0.15) is 6.42 Å². The molecule has 25 heavy (non-hydrogen) atoms. The molecule has 0 spiro atoms. The Balaban J connectivity index is 2.23. The van der Waals surface area contributed by atoms with Gasteiger partial charge >= 0.3 is 6.18 Å². The molecule has 11 heteroatoms. The second kappa shape index (κ2) is 7.38. The Morgan fingerprint density at radius 2 is 2.16 bits per heavy atom. The maximum absolute atomic E-state index is 12.9. The Morgan fingerprint density at radius 3 is 2.68 bits per heavy atom. The number of halogens is 3. The van der Waals surface area contributed by atoms with Crippen molar-refractivity contribution in [3.05, 3.63) is 30.7 Å². The highest BCUT2D eigenvalue weighted by Crippen LogP contribution is 2.27. The lowest BCUT2D eigenvalue weighted by atomic mass is 10.0. The van der Waals surface area contributed by atoms with Crippen molar-refractivity contribution in [3.63, 3.8) is 0 Å². The van der Waals surface area contributed by atoms with Crippen molar-refractivity contribution in [1.82, 2.24) is 14.8 Å². The molecule has 2 aromatic rings. The van der Waals surface area contributed by atoms with E-state index in [1.807, 2.05) is 0 Å². The molecule has 0 bridgehead atoms. The summed E-state index contributed by atoms with van der Waals surface area (Å²) < 4.78 is 51.3. The molecular formula is C14H14BF3N4O2S. The molecule has 2 rings (SSSR count). The van der Waals surface area contributed by atoms with Crippen LogP contribution in [0.15, 0.2) is 30.7 Å². The van der Waals surface area contributed by atoms with Gasteiger partial charge in [-0.3, -0.25) is 14.0 Å². The Hall–Kier alpha value is -2.17. The monoisotopic (exact) mass is 370 g/mol. The van der Waals surface area contributed by atoms with Gasteiger partial charge in [-0.05, 0) is 12.1 Å². The second-order valence-electron chi connectivity index (χ2n) is 5.24. The molecular weight excluding hydrogens is 356 g/mol. The van der Waals surface area contributed by atoms with Crippen LogP contribution in [-0.4, -0.2) is 57.5 Å². The van der Waals surface area contributed by atoms with Crippen molar-refractivity contribution >= 4 is 35.8 Å². The van der Waals surface area contributed by atoms with E-state index in [1.165, 1.54) is 24.1 Å². The van der Waals surface area contributed by atoms with E-state index in [0.717, 1.165) is 11.2 Å². The number of anilines is 1. The number of pyridine rings is 1. The minimum Gasteiger partial charge on any atom is -0.313 e. The zero-order valence-electron chi connectivity index (χ0n) is 13.4. The van der Waals surface area contributed by atoms with E-state index in [2.05, 4.69) is 10.1 Å². The molecule has 6 nitrogen and oxygen atoms in total. The number of carbonyl (C=O) groups is 1. The zero-order chi connectivity index (χ0) is 18.8. The van der Waals surface area contributed by atoms with Crippen LogP contribution in [0.5, 0.6) is 0 Å². The maximum Gasteiger partial charge on any atom is 0.403 e. The van der Waals surface area contributed by atoms with Gasteiger partial charge in [0.05, 0.1) is 30.2 Å². The van der Waals surface area contributed by atoms with E-state index in [0.29, 0.717) is 5.69 Å². The summed E-state index contributed by atoms with van der Waals surface area (Å²) in [6, 6.07) is 3.37. The number of rotatable bonds is 5. The highest BCUT2D eigenvalue weighted by atomic mass is 32.2. The summed E-state index contributed by atoms with van der Waals surface area (Å²) >= 11 is 0. The summed E-state index contributed by atoms with van der Waals surface area (Å²) in [5.41, 5.74) is 0.696. The highest BCUT2D eigenvalue weighted by molar-refractivity contribution is 7.85. The molecule has 0 aliphatic rings. The Morgan fingerprint density at radius 1 is 1.48 bits per heavy atom. The van der Waals surface area contributed by atoms with E-state index in [9.17, 15) is 22.2 Å². The van der Waals surface area contributed by atoms with Gasteiger partial charge in [-0.1, -0.05) is 0 Å². The molecule has 2 radical (unpaired) electrons. The zero-order valence-corrected chi connectivity index (χ0v) is 14.2. The van der Waals surface area contributed by atoms with E-state index < -0.39 is 34.6 Å². The first-order valence-electron chi connectivity index (χ1n) is 7.02. The number of carbonyl (C=O) groups excluding carboxylic acids is 1. The average Bonchev–Trinajstić information content (AvgIpc) is 2.93. The molecule has 0 aliphatic heterocycles. The van der Waals surface area contributed by atoms with Gasteiger partial charge in [-0.25, -0.2) is 4.68 Å². The molecule has 2 atom stereocenters. The molecule has 0 fully saturated rings. The van der Waals surface area contributed by atoms with Gasteiger partial charge < -0.3 is 4.90 Å². The van der Waals surface area contributed by atoms with Crippen LogP contribution in [0.4, 0.5) is 18.9 Å².